The summed E-state index contributed by atoms with van der Waals surface area (Å²) in [6.45, 7) is 3.56. The number of hydrogen-bond acceptors (Lipinski definition) is 1. The molecule has 2 aliphatic rings. The second kappa shape index (κ2) is 3.34. The molecule has 0 N–H and O–H groups in total. The molecule has 1 aliphatic carbocycles. The Bertz CT molecular complexity index is 369. The van der Waals surface area contributed by atoms with E-state index >= 15 is 0 Å². The molecule has 3 unspecified atom stereocenters. The number of fused-ring (bicyclic) bond motifs is 2. The van der Waals surface area contributed by atoms with Gasteiger partial charge < -0.3 is 4.90 Å². The van der Waals surface area contributed by atoms with Crippen LogP contribution >= 0.6 is 0 Å². The number of nitrogens with zero attached hydrogens (tertiary/aromatic N) is 1. The van der Waals surface area contributed by atoms with Crippen molar-refractivity contribution in [3.8, 4) is 0 Å². The number of piperidine rings is 1. The third kappa shape index (κ3) is 1.41. The molecule has 15 heavy (non-hydrogen) atoms. The van der Waals surface area contributed by atoms with Crippen LogP contribution in [0.25, 0.3) is 0 Å². The van der Waals surface area contributed by atoms with E-state index in [1.165, 1.54) is 24.9 Å². The molecule has 0 spiro atoms. The fourth-order valence-corrected chi connectivity index (χ4v) is 3.56. The van der Waals surface area contributed by atoms with Crippen LogP contribution < -0.4 is 0 Å². The van der Waals surface area contributed by atoms with Crippen molar-refractivity contribution in [3.63, 3.8) is 0 Å². The van der Waals surface area contributed by atoms with Gasteiger partial charge in [0.05, 0.1) is 0 Å². The van der Waals surface area contributed by atoms with Crippen LogP contribution in [0.5, 0.6) is 0 Å². The largest absolute Gasteiger partial charge is 0.303 e. The lowest BCUT2D eigenvalue weighted by Gasteiger charge is -2.29. The summed E-state index contributed by atoms with van der Waals surface area (Å²) in [7, 11) is 2.28. The van der Waals surface area contributed by atoms with Gasteiger partial charge in [0.25, 0.3) is 0 Å². The van der Waals surface area contributed by atoms with Gasteiger partial charge in [0.15, 0.2) is 0 Å². The minimum absolute atomic E-state index is 0.840. The van der Waals surface area contributed by atoms with E-state index < -0.39 is 0 Å². The van der Waals surface area contributed by atoms with Crippen molar-refractivity contribution in [2.75, 3.05) is 13.6 Å². The third-order valence-corrected chi connectivity index (χ3v) is 4.40. The van der Waals surface area contributed by atoms with Crippen molar-refractivity contribution < 1.29 is 0 Å². The van der Waals surface area contributed by atoms with Crippen LogP contribution in [-0.4, -0.2) is 24.5 Å². The van der Waals surface area contributed by atoms with E-state index in [0.29, 0.717) is 0 Å². The maximum Gasteiger partial charge on any atom is 0.0102 e. The Labute approximate surface area is 92.1 Å². The average molecular weight is 201 g/mol. The minimum Gasteiger partial charge on any atom is -0.303 e. The van der Waals surface area contributed by atoms with Crippen molar-refractivity contribution in [3.05, 3.63) is 35.4 Å². The lowest BCUT2D eigenvalue weighted by atomic mass is 9.85. The van der Waals surface area contributed by atoms with Gasteiger partial charge in [0.2, 0.25) is 0 Å². The third-order valence-electron chi connectivity index (χ3n) is 4.40. The first-order chi connectivity index (χ1) is 7.25. The van der Waals surface area contributed by atoms with E-state index in [0.717, 1.165) is 17.9 Å². The Morgan fingerprint density at radius 3 is 2.60 bits per heavy atom. The summed E-state index contributed by atoms with van der Waals surface area (Å²) in [6.07, 6.45) is 2.81. The van der Waals surface area contributed by atoms with Crippen molar-refractivity contribution in [2.45, 2.75) is 31.7 Å². The maximum atomic E-state index is 2.54. The predicted octanol–water partition coefficient (Wildman–Crippen LogP) is 2.80. The molecule has 1 aromatic carbocycles. The van der Waals surface area contributed by atoms with Gasteiger partial charge in [0, 0.05) is 12.6 Å². The van der Waals surface area contributed by atoms with Crippen molar-refractivity contribution in [1.82, 2.24) is 4.90 Å². The van der Waals surface area contributed by atoms with Gasteiger partial charge in [0.1, 0.15) is 0 Å². The molecular weight excluding hydrogens is 182 g/mol. The van der Waals surface area contributed by atoms with Crippen LogP contribution in [0.15, 0.2) is 24.3 Å². The topological polar surface area (TPSA) is 3.24 Å². The van der Waals surface area contributed by atoms with Gasteiger partial charge in [-0.2, -0.15) is 0 Å². The smallest absolute Gasteiger partial charge is 0.0102 e. The molecule has 1 heteroatoms. The van der Waals surface area contributed by atoms with Crippen LogP contribution in [0.2, 0.25) is 0 Å². The van der Waals surface area contributed by atoms with Crippen LogP contribution in [-0.2, 0) is 0 Å². The van der Waals surface area contributed by atoms with E-state index in [4.69, 9.17) is 0 Å². The molecule has 3 rings (SSSR count). The van der Waals surface area contributed by atoms with Gasteiger partial charge in [-0.3, -0.25) is 0 Å². The quantitative estimate of drug-likeness (QED) is 0.675. The summed E-state index contributed by atoms with van der Waals surface area (Å²) in [5.41, 5.74) is 3.09. The maximum absolute atomic E-state index is 2.54. The lowest BCUT2D eigenvalue weighted by Crippen LogP contribution is -2.31. The standard InChI is InChI=1S/C14H19N/c1-10-5-3-4-6-13(10)14-8-12-7-11(14)9-15(12)2/h3-6,11-12,14H,7-9H2,1-2H3. The van der Waals surface area contributed by atoms with Gasteiger partial charge in [-0.25, -0.2) is 0 Å². The van der Waals surface area contributed by atoms with Crippen LogP contribution in [0.1, 0.15) is 29.9 Å². The Hall–Kier alpha value is -0.820. The SMILES string of the molecule is Cc1ccccc1C1CC2CC1CN2C. The number of hydrogen-bond donors (Lipinski definition) is 0. The molecule has 80 valence electrons. The highest BCUT2D eigenvalue weighted by Crippen LogP contribution is 2.47. The highest BCUT2D eigenvalue weighted by atomic mass is 15.2. The second-order valence-electron chi connectivity index (χ2n) is 5.29. The summed E-state index contributed by atoms with van der Waals surface area (Å²) in [6, 6.07) is 9.79. The molecule has 1 saturated carbocycles. The van der Waals surface area contributed by atoms with Crippen molar-refractivity contribution >= 4 is 0 Å². The summed E-state index contributed by atoms with van der Waals surface area (Å²) in [5.74, 6) is 1.76. The molecule has 2 fully saturated rings. The Balaban J connectivity index is 1.89. The van der Waals surface area contributed by atoms with Crippen LogP contribution in [0.3, 0.4) is 0 Å². The lowest BCUT2D eigenvalue weighted by molar-refractivity contribution is 0.242. The molecular formula is C14H19N. The number of rotatable bonds is 1. The number of aryl methyl sites for hydroxylation is 1. The first kappa shape index (κ1) is 9.41. The van der Waals surface area contributed by atoms with E-state index in [-0.39, 0.29) is 0 Å². The average Bonchev–Trinajstić information content (AvgIpc) is 2.77. The highest BCUT2D eigenvalue weighted by molar-refractivity contribution is 5.31. The zero-order valence-electron chi connectivity index (χ0n) is 9.61. The molecule has 1 aliphatic heterocycles. The van der Waals surface area contributed by atoms with E-state index in [1.54, 1.807) is 5.56 Å². The summed E-state index contributed by atoms with van der Waals surface area (Å²) in [4.78, 5) is 2.54. The first-order valence-corrected chi connectivity index (χ1v) is 6.01. The van der Waals surface area contributed by atoms with Crippen molar-refractivity contribution in [2.24, 2.45) is 5.92 Å². The van der Waals surface area contributed by atoms with Gasteiger partial charge >= 0.3 is 0 Å². The molecule has 1 heterocycles. The fourth-order valence-electron chi connectivity index (χ4n) is 3.56. The molecule has 2 bridgehead atoms. The number of likely N-dealkylation sites (tertiary alicyclic amines) is 1. The van der Waals surface area contributed by atoms with Gasteiger partial charge in [-0.15, -0.1) is 0 Å². The zero-order valence-corrected chi connectivity index (χ0v) is 9.61. The number of benzene rings is 1. The fraction of sp³-hybridized carbons (Fsp3) is 0.571. The van der Waals surface area contributed by atoms with Crippen LogP contribution in [0, 0.1) is 12.8 Å². The van der Waals surface area contributed by atoms with E-state index in [2.05, 4.69) is 43.1 Å². The van der Waals surface area contributed by atoms with Crippen molar-refractivity contribution in [1.29, 1.82) is 0 Å². The van der Waals surface area contributed by atoms with Crippen LogP contribution in [0.4, 0.5) is 0 Å². The summed E-state index contributed by atoms with van der Waals surface area (Å²) < 4.78 is 0. The van der Waals surface area contributed by atoms with E-state index in [9.17, 15) is 0 Å². The summed E-state index contributed by atoms with van der Waals surface area (Å²) >= 11 is 0. The zero-order chi connectivity index (χ0) is 10.4. The van der Waals surface area contributed by atoms with E-state index in [1.807, 2.05) is 0 Å². The molecule has 3 atom stereocenters. The molecule has 0 aromatic heterocycles. The molecule has 1 saturated heterocycles. The highest BCUT2D eigenvalue weighted by Gasteiger charge is 2.43. The summed E-state index contributed by atoms with van der Waals surface area (Å²) in [5, 5.41) is 0. The van der Waals surface area contributed by atoms with Gasteiger partial charge in [-0.1, -0.05) is 24.3 Å². The molecule has 0 radical (unpaired) electrons. The molecule has 0 amide bonds. The second-order valence-corrected chi connectivity index (χ2v) is 5.29. The Morgan fingerprint density at radius 2 is 2.00 bits per heavy atom. The molecule has 1 nitrogen and oxygen atoms in total. The molecule has 1 aromatic rings. The van der Waals surface area contributed by atoms with Gasteiger partial charge in [-0.05, 0) is 49.8 Å². The Kier molecular flexibility index (Phi) is 2.10. The minimum atomic E-state index is 0.840. The predicted molar refractivity (Wildman–Crippen MR) is 63.1 cm³/mol. The monoisotopic (exact) mass is 201 g/mol. The normalized spacial score (nSPS) is 34.9. The Morgan fingerprint density at radius 1 is 1.20 bits per heavy atom. The first-order valence-electron chi connectivity index (χ1n) is 6.01.